The Balaban J connectivity index is 1.89. The molecule has 0 radical (unpaired) electrons. The summed E-state index contributed by atoms with van der Waals surface area (Å²) in [6.07, 6.45) is 8.06. The summed E-state index contributed by atoms with van der Waals surface area (Å²) in [6, 6.07) is 7.10. The van der Waals surface area contributed by atoms with Crippen molar-refractivity contribution in [2.75, 3.05) is 6.54 Å². The Labute approximate surface area is 120 Å². The van der Waals surface area contributed by atoms with Crippen molar-refractivity contribution in [3.63, 3.8) is 0 Å². The first kappa shape index (κ1) is 15.0. The molecule has 1 aliphatic rings. The van der Waals surface area contributed by atoms with Gasteiger partial charge in [0.1, 0.15) is 0 Å². The van der Waals surface area contributed by atoms with Crippen molar-refractivity contribution in [3.8, 4) is 0 Å². The van der Waals surface area contributed by atoms with Gasteiger partial charge < -0.3 is 5.32 Å². The molecule has 2 rings (SSSR count). The third kappa shape index (κ3) is 4.30. The summed E-state index contributed by atoms with van der Waals surface area (Å²) in [7, 11) is 0. The van der Waals surface area contributed by atoms with Crippen molar-refractivity contribution < 1.29 is 4.92 Å². The van der Waals surface area contributed by atoms with Crippen molar-refractivity contribution in [3.05, 3.63) is 39.9 Å². The smallest absolute Gasteiger partial charge is 0.269 e. The summed E-state index contributed by atoms with van der Waals surface area (Å²) < 4.78 is 0. The van der Waals surface area contributed by atoms with Crippen LogP contribution in [-0.4, -0.2) is 11.5 Å². The van der Waals surface area contributed by atoms with E-state index in [1.807, 2.05) is 6.07 Å². The topological polar surface area (TPSA) is 55.2 Å². The molecule has 110 valence electrons. The summed E-state index contributed by atoms with van der Waals surface area (Å²) in [5.74, 6) is 0.763. The summed E-state index contributed by atoms with van der Waals surface area (Å²) in [4.78, 5) is 10.5. The van der Waals surface area contributed by atoms with Crippen LogP contribution in [0.15, 0.2) is 24.3 Å². The van der Waals surface area contributed by atoms with Crippen LogP contribution in [0.2, 0.25) is 0 Å². The van der Waals surface area contributed by atoms with E-state index >= 15 is 0 Å². The molecule has 0 heterocycles. The average molecular weight is 276 g/mol. The van der Waals surface area contributed by atoms with Gasteiger partial charge >= 0.3 is 0 Å². The number of nitro groups is 1. The molecular formula is C16H24N2O2. The van der Waals surface area contributed by atoms with Crippen molar-refractivity contribution in [2.24, 2.45) is 5.92 Å². The number of nitrogens with zero attached hydrogens (tertiary/aromatic N) is 1. The second kappa shape index (κ2) is 7.39. The minimum absolute atomic E-state index is 0.165. The first-order valence-electron chi connectivity index (χ1n) is 7.64. The van der Waals surface area contributed by atoms with Gasteiger partial charge in [0.05, 0.1) is 4.92 Å². The lowest BCUT2D eigenvalue weighted by Crippen LogP contribution is -2.25. The van der Waals surface area contributed by atoms with Crippen molar-refractivity contribution in [1.82, 2.24) is 5.32 Å². The second-order valence-electron chi connectivity index (χ2n) is 5.84. The van der Waals surface area contributed by atoms with E-state index in [2.05, 4.69) is 12.2 Å². The maximum absolute atomic E-state index is 10.8. The number of benzene rings is 1. The predicted molar refractivity (Wildman–Crippen MR) is 80.7 cm³/mol. The number of nitro benzene ring substituents is 1. The Morgan fingerprint density at radius 1 is 1.30 bits per heavy atom. The molecule has 0 spiro atoms. The monoisotopic (exact) mass is 276 g/mol. The fraction of sp³-hybridized carbons (Fsp3) is 0.625. The summed E-state index contributed by atoms with van der Waals surface area (Å²) in [5.41, 5.74) is 1.17. The second-order valence-corrected chi connectivity index (χ2v) is 5.84. The molecule has 1 saturated carbocycles. The van der Waals surface area contributed by atoms with E-state index < -0.39 is 0 Å². The molecule has 1 aromatic carbocycles. The maximum atomic E-state index is 10.8. The summed E-state index contributed by atoms with van der Waals surface area (Å²) in [6.45, 7) is 3.10. The average Bonchev–Trinajstić information content (AvgIpc) is 2.73. The molecule has 1 fully saturated rings. The Hall–Kier alpha value is -1.42. The lowest BCUT2D eigenvalue weighted by molar-refractivity contribution is -0.384. The first-order valence-corrected chi connectivity index (χ1v) is 7.64. The zero-order valence-electron chi connectivity index (χ0n) is 12.2. The maximum Gasteiger partial charge on any atom is 0.269 e. The van der Waals surface area contributed by atoms with E-state index in [-0.39, 0.29) is 16.7 Å². The largest absolute Gasteiger partial charge is 0.310 e. The van der Waals surface area contributed by atoms with E-state index in [0.717, 1.165) is 18.0 Å². The number of hydrogen-bond donors (Lipinski definition) is 1. The molecule has 0 aromatic heterocycles. The van der Waals surface area contributed by atoms with Gasteiger partial charge in [-0.25, -0.2) is 0 Å². The van der Waals surface area contributed by atoms with Crippen LogP contribution in [0.5, 0.6) is 0 Å². The molecule has 1 unspecified atom stereocenters. The number of hydrogen-bond acceptors (Lipinski definition) is 3. The highest BCUT2D eigenvalue weighted by atomic mass is 16.6. The fourth-order valence-corrected chi connectivity index (χ4v) is 2.94. The van der Waals surface area contributed by atoms with Crippen LogP contribution in [0.1, 0.15) is 57.1 Å². The van der Waals surface area contributed by atoms with Gasteiger partial charge in [0, 0.05) is 18.2 Å². The Morgan fingerprint density at radius 2 is 2.00 bits per heavy atom. The van der Waals surface area contributed by atoms with Gasteiger partial charge in [-0.2, -0.15) is 0 Å². The standard InChI is InChI=1S/C16H24N2O2/c1-13(15-9-6-10-16(11-15)18(19)20)17-12-14-7-4-2-3-5-8-14/h6,9-11,13-14,17H,2-5,7-8,12H2,1H3. The molecule has 0 aliphatic heterocycles. The Bertz CT molecular complexity index is 440. The van der Waals surface area contributed by atoms with E-state index in [9.17, 15) is 10.1 Å². The first-order chi connectivity index (χ1) is 9.66. The van der Waals surface area contributed by atoms with Gasteiger partial charge in [-0.05, 0) is 37.8 Å². The highest BCUT2D eigenvalue weighted by Crippen LogP contribution is 2.24. The molecule has 20 heavy (non-hydrogen) atoms. The van der Waals surface area contributed by atoms with Crippen LogP contribution in [0.3, 0.4) is 0 Å². The highest BCUT2D eigenvalue weighted by Gasteiger charge is 2.15. The lowest BCUT2D eigenvalue weighted by atomic mass is 9.99. The summed E-state index contributed by atoms with van der Waals surface area (Å²) in [5, 5.41) is 14.3. The minimum Gasteiger partial charge on any atom is -0.310 e. The highest BCUT2D eigenvalue weighted by molar-refractivity contribution is 5.35. The fourth-order valence-electron chi connectivity index (χ4n) is 2.94. The van der Waals surface area contributed by atoms with E-state index in [1.165, 1.54) is 38.5 Å². The zero-order valence-corrected chi connectivity index (χ0v) is 12.2. The molecule has 1 atom stereocenters. The molecule has 1 aliphatic carbocycles. The lowest BCUT2D eigenvalue weighted by Gasteiger charge is -2.19. The quantitative estimate of drug-likeness (QED) is 0.498. The van der Waals surface area contributed by atoms with Gasteiger partial charge in [-0.1, -0.05) is 37.8 Å². The van der Waals surface area contributed by atoms with Crippen molar-refractivity contribution in [1.29, 1.82) is 0 Å². The number of non-ortho nitro benzene ring substituents is 1. The number of rotatable bonds is 5. The SMILES string of the molecule is CC(NCC1CCCCCC1)c1cccc([N+](=O)[O-])c1. The van der Waals surface area contributed by atoms with Crippen molar-refractivity contribution >= 4 is 5.69 Å². The van der Waals surface area contributed by atoms with Gasteiger partial charge in [-0.3, -0.25) is 10.1 Å². The van der Waals surface area contributed by atoms with Crippen LogP contribution in [0, 0.1) is 16.0 Å². The molecular weight excluding hydrogens is 252 g/mol. The Morgan fingerprint density at radius 3 is 2.65 bits per heavy atom. The molecule has 4 heteroatoms. The van der Waals surface area contributed by atoms with Gasteiger partial charge in [0.15, 0.2) is 0 Å². The van der Waals surface area contributed by atoms with E-state index in [4.69, 9.17) is 0 Å². The van der Waals surface area contributed by atoms with Gasteiger partial charge in [-0.15, -0.1) is 0 Å². The van der Waals surface area contributed by atoms with Crippen LogP contribution in [0.25, 0.3) is 0 Å². The van der Waals surface area contributed by atoms with E-state index in [0.29, 0.717) is 0 Å². The van der Waals surface area contributed by atoms with Gasteiger partial charge in [0.25, 0.3) is 5.69 Å². The van der Waals surface area contributed by atoms with E-state index in [1.54, 1.807) is 18.2 Å². The van der Waals surface area contributed by atoms with Crippen LogP contribution >= 0.6 is 0 Å². The zero-order chi connectivity index (χ0) is 14.4. The van der Waals surface area contributed by atoms with Crippen molar-refractivity contribution in [2.45, 2.75) is 51.5 Å². The Kier molecular flexibility index (Phi) is 5.53. The van der Waals surface area contributed by atoms with Gasteiger partial charge in [0.2, 0.25) is 0 Å². The molecule has 0 saturated heterocycles. The summed E-state index contributed by atoms with van der Waals surface area (Å²) >= 11 is 0. The third-order valence-electron chi connectivity index (χ3n) is 4.27. The molecule has 1 N–H and O–H groups in total. The molecule has 4 nitrogen and oxygen atoms in total. The number of nitrogens with one attached hydrogen (secondary N) is 1. The normalized spacial score (nSPS) is 18.4. The van der Waals surface area contributed by atoms with Crippen LogP contribution in [0.4, 0.5) is 5.69 Å². The molecule has 0 amide bonds. The molecule has 1 aromatic rings. The molecule has 0 bridgehead atoms. The third-order valence-corrected chi connectivity index (χ3v) is 4.27. The minimum atomic E-state index is -0.332. The van der Waals surface area contributed by atoms with Crippen LogP contribution in [-0.2, 0) is 0 Å². The predicted octanol–water partition coefficient (Wildman–Crippen LogP) is 4.22. The van der Waals surface area contributed by atoms with Crippen LogP contribution < -0.4 is 5.32 Å².